The summed E-state index contributed by atoms with van der Waals surface area (Å²) < 4.78 is 1.46. The van der Waals surface area contributed by atoms with E-state index >= 15 is 0 Å². The molecule has 1 heterocycles. The van der Waals surface area contributed by atoms with E-state index in [0.29, 0.717) is 0 Å². The van der Waals surface area contributed by atoms with Crippen LogP contribution in [0.1, 0.15) is 19.9 Å². The molecule has 0 bridgehead atoms. The van der Waals surface area contributed by atoms with E-state index in [2.05, 4.69) is 15.3 Å². The second kappa shape index (κ2) is 8.35. The molecule has 0 unspecified atom stereocenters. The van der Waals surface area contributed by atoms with Crippen LogP contribution >= 0.6 is 0 Å². The first kappa shape index (κ1) is 18.2. The van der Waals surface area contributed by atoms with Crippen LogP contribution in [0.3, 0.4) is 0 Å². The van der Waals surface area contributed by atoms with Crippen molar-refractivity contribution in [2.45, 2.75) is 19.9 Å². The Morgan fingerprint density at radius 3 is 2.32 bits per heavy atom. The zero-order chi connectivity index (χ0) is 12.3. The zero-order valence-corrected chi connectivity index (χ0v) is 15.9. The molecule has 1 aromatic carbocycles. The van der Waals surface area contributed by atoms with Crippen molar-refractivity contribution in [2.75, 3.05) is 0 Å². The van der Waals surface area contributed by atoms with E-state index in [0.717, 1.165) is 5.69 Å². The molecule has 2 rings (SSSR count). The minimum Gasteiger partial charge on any atom is -0.359 e. The van der Waals surface area contributed by atoms with Crippen molar-refractivity contribution in [1.29, 1.82) is 0 Å². The fraction of sp³-hybridized carbons (Fsp3) is 0.250. The molecule has 2 aromatic rings. The molecule has 0 spiro atoms. The van der Waals surface area contributed by atoms with Gasteiger partial charge in [0, 0.05) is 59.2 Å². The molecule has 0 aliphatic carbocycles. The van der Waals surface area contributed by atoms with Crippen molar-refractivity contribution in [3.63, 3.8) is 0 Å². The summed E-state index contributed by atoms with van der Waals surface area (Å²) in [5.41, 5.74) is 0.402. The predicted molar refractivity (Wildman–Crippen MR) is 65.8 cm³/mol. The first-order valence-corrected chi connectivity index (χ1v) is 5.39. The Bertz CT molecular complexity index is 557. The third-order valence-electron chi connectivity index (χ3n) is 2.26. The Morgan fingerprint density at radius 1 is 1.16 bits per heavy atom. The molecule has 102 valence electrons. The van der Waals surface area contributed by atoms with E-state index in [4.69, 9.17) is 0 Å². The van der Waals surface area contributed by atoms with Crippen LogP contribution in [0.15, 0.2) is 41.5 Å². The maximum absolute atomic E-state index is 11.6. The molecular weight excluding hydrogens is 589 g/mol. The molecule has 0 aliphatic rings. The summed E-state index contributed by atoms with van der Waals surface area (Å²) in [4.78, 5) is 19.5. The van der Waals surface area contributed by atoms with Gasteiger partial charge in [0.1, 0.15) is 0 Å². The summed E-state index contributed by atoms with van der Waals surface area (Å²) in [5.74, 6) is 0.193. The van der Waals surface area contributed by atoms with Crippen LogP contribution in [-0.2, 0) is 40.8 Å². The molecule has 0 saturated heterocycles. The van der Waals surface area contributed by atoms with E-state index in [-0.39, 0.29) is 58.5 Å². The Hall–Kier alpha value is -0.845. The fourth-order valence-corrected chi connectivity index (χ4v) is 1.36. The topological polar surface area (TPSA) is 61.9 Å². The van der Waals surface area contributed by atoms with Crippen molar-refractivity contribution in [3.05, 3.63) is 52.5 Å². The van der Waals surface area contributed by atoms with Gasteiger partial charge >= 0.3 is 0 Å². The molecule has 0 atom stereocenters. The molecule has 7 heteroatoms. The van der Waals surface area contributed by atoms with Crippen LogP contribution in [0.2, 0.25) is 0 Å². The summed E-state index contributed by atoms with van der Waals surface area (Å²) in [6.07, 6.45) is 1.47. The van der Waals surface area contributed by atoms with Gasteiger partial charge in [0.05, 0.1) is 0 Å². The maximum Gasteiger partial charge on any atom is 0.279 e. The van der Waals surface area contributed by atoms with Gasteiger partial charge in [0.2, 0.25) is 0 Å². The third kappa shape index (κ3) is 4.97. The number of benzene rings is 1. The second-order valence-electron chi connectivity index (χ2n) is 3.89. The minimum absolute atomic E-state index is 0. The van der Waals surface area contributed by atoms with Crippen molar-refractivity contribution in [1.82, 2.24) is 14.5 Å². The van der Waals surface area contributed by atoms with E-state index < -0.39 is 0 Å². The fourth-order valence-electron chi connectivity index (χ4n) is 1.36. The normalized spacial score (nSPS) is 9.42. The smallest absolute Gasteiger partial charge is 0.279 e. The van der Waals surface area contributed by atoms with E-state index in [1.807, 2.05) is 44.2 Å². The van der Waals surface area contributed by atoms with Crippen molar-refractivity contribution in [3.8, 4) is 0 Å². The molecule has 0 aliphatic heterocycles. The maximum atomic E-state index is 11.6. The molecule has 19 heavy (non-hydrogen) atoms. The number of nitrogens with zero attached hydrogens (tertiary/aromatic N) is 4. The second-order valence-corrected chi connectivity index (χ2v) is 3.89. The monoisotopic (exact) mass is 603 g/mol. The van der Waals surface area contributed by atoms with Gasteiger partial charge in [-0.15, -0.1) is 0 Å². The summed E-state index contributed by atoms with van der Waals surface area (Å²) >= 11 is 0. The third-order valence-corrected chi connectivity index (χ3v) is 2.26. The average molecular weight is 602 g/mol. The molecule has 0 saturated carbocycles. The van der Waals surface area contributed by atoms with Crippen LogP contribution in [0.4, 0.5) is 11.6 Å². The molecule has 5 nitrogen and oxygen atoms in total. The van der Waals surface area contributed by atoms with E-state index in [1.54, 1.807) is 0 Å². The number of para-hydroxylation sites is 1. The van der Waals surface area contributed by atoms with Crippen molar-refractivity contribution < 1.29 is 40.8 Å². The molecule has 0 N–H and O–H groups in total. The predicted octanol–water partition coefficient (Wildman–Crippen LogP) is 2.55. The van der Waals surface area contributed by atoms with Gasteiger partial charge in [0.15, 0.2) is 0 Å². The zero-order valence-electron chi connectivity index (χ0n) is 10.5. The molecule has 2 radical (unpaired) electrons. The SMILES string of the molecule is CC(C)n1cnc([N-]c2ccccc2)nc1=O.[Re].[Re]. The quantitative estimate of drug-likeness (QED) is 0.544. The van der Waals surface area contributed by atoms with Gasteiger partial charge in [-0.25, -0.2) is 0 Å². The number of hydrogen-bond acceptors (Lipinski definition) is 3. The van der Waals surface area contributed by atoms with E-state index in [1.165, 1.54) is 10.9 Å². The molecule has 0 fully saturated rings. The first-order valence-electron chi connectivity index (χ1n) is 5.39. The number of hydrogen-bond donors (Lipinski definition) is 0. The average Bonchev–Trinajstić information content (AvgIpc) is 2.30. The Kier molecular flexibility index (Phi) is 7.98. The number of rotatable bonds is 3. The van der Waals surface area contributed by atoms with Crippen LogP contribution in [0.5, 0.6) is 0 Å². The minimum atomic E-state index is -0.329. The van der Waals surface area contributed by atoms with Crippen LogP contribution in [-0.4, -0.2) is 14.5 Å². The summed E-state index contributed by atoms with van der Waals surface area (Å²) in [6.45, 7) is 3.80. The van der Waals surface area contributed by atoms with E-state index in [9.17, 15) is 4.79 Å². The van der Waals surface area contributed by atoms with Crippen molar-refractivity contribution >= 4 is 11.6 Å². The van der Waals surface area contributed by atoms with Gasteiger partial charge in [0.25, 0.3) is 5.69 Å². The van der Waals surface area contributed by atoms with Gasteiger partial charge in [-0.2, -0.15) is 0 Å². The Labute approximate surface area is 139 Å². The summed E-state index contributed by atoms with van der Waals surface area (Å²) in [5, 5.41) is 4.17. The van der Waals surface area contributed by atoms with Gasteiger partial charge in [-0.1, -0.05) is 30.3 Å². The molecule has 1 aromatic heterocycles. The standard InChI is InChI=1S/C12H14N4O.2Re/c1-9(2)16-8-13-11(15-12(16)17)14-10-6-4-3-5-7-10;;/h3-9H,1-2H3,(H,14,15,17);;/p-1. The van der Waals surface area contributed by atoms with Crippen LogP contribution < -0.4 is 5.69 Å². The molecular formula is C12H13N4ORe2-. The largest absolute Gasteiger partial charge is 0.359 e. The summed E-state index contributed by atoms with van der Waals surface area (Å²) in [6, 6.07) is 9.35. The van der Waals surface area contributed by atoms with Gasteiger partial charge in [-0.05, 0) is 19.5 Å². The van der Waals surface area contributed by atoms with Crippen LogP contribution in [0.25, 0.3) is 5.32 Å². The first-order chi connectivity index (χ1) is 8.16. The Morgan fingerprint density at radius 2 is 1.79 bits per heavy atom. The van der Waals surface area contributed by atoms with Gasteiger partial charge < -0.3 is 19.9 Å². The molecule has 0 amide bonds. The van der Waals surface area contributed by atoms with Gasteiger partial charge in [-0.3, -0.25) is 4.79 Å². The Balaban J connectivity index is 0.00000162. The number of aromatic nitrogens is 3. The van der Waals surface area contributed by atoms with Crippen LogP contribution in [0, 0.1) is 0 Å². The van der Waals surface area contributed by atoms with Crippen molar-refractivity contribution in [2.24, 2.45) is 0 Å². The summed E-state index contributed by atoms with van der Waals surface area (Å²) in [7, 11) is 0.